The number of aromatic nitrogens is 2. The van der Waals surface area contributed by atoms with Crippen molar-refractivity contribution in [1.82, 2.24) is 15.5 Å². The molecule has 1 fully saturated rings. The maximum Gasteiger partial charge on any atom is 0.272 e. The van der Waals surface area contributed by atoms with Gasteiger partial charge in [0.25, 0.3) is 5.91 Å². The van der Waals surface area contributed by atoms with Crippen molar-refractivity contribution in [3.63, 3.8) is 0 Å². The first-order valence-corrected chi connectivity index (χ1v) is 7.31. The summed E-state index contributed by atoms with van der Waals surface area (Å²) in [6.45, 7) is -0.131. The minimum Gasteiger partial charge on any atom is -0.394 e. The number of benzene rings is 1. The molecule has 0 aliphatic heterocycles. The van der Waals surface area contributed by atoms with E-state index < -0.39 is 6.04 Å². The molecule has 21 heavy (non-hydrogen) atoms. The molecule has 5 nitrogen and oxygen atoms in total. The van der Waals surface area contributed by atoms with Crippen molar-refractivity contribution in [3.05, 3.63) is 52.8 Å². The Balaban J connectivity index is 1.54. The number of H-pyrrole nitrogens is 1. The Morgan fingerprint density at radius 2 is 2.24 bits per heavy atom. The van der Waals surface area contributed by atoms with E-state index in [1.807, 2.05) is 30.3 Å². The number of carbonyl (C=O) groups excluding carboxylic acids is 1. The number of hydrogen-bond acceptors (Lipinski definition) is 3. The van der Waals surface area contributed by atoms with Crippen LogP contribution in [-0.2, 0) is 6.42 Å². The highest BCUT2D eigenvalue weighted by Gasteiger charge is 2.48. The first-order chi connectivity index (χ1) is 10.3. The van der Waals surface area contributed by atoms with E-state index in [2.05, 4.69) is 15.5 Å². The number of carbonyl (C=O) groups is 1. The summed E-state index contributed by atoms with van der Waals surface area (Å²) >= 11 is 0. The van der Waals surface area contributed by atoms with Crippen molar-refractivity contribution in [2.45, 2.75) is 24.8 Å². The summed E-state index contributed by atoms with van der Waals surface area (Å²) in [6.07, 6.45) is 2.17. The zero-order chi connectivity index (χ0) is 14.4. The van der Waals surface area contributed by atoms with Gasteiger partial charge < -0.3 is 10.4 Å². The van der Waals surface area contributed by atoms with Crippen LogP contribution in [0, 0.1) is 5.92 Å². The number of nitrogens with zero attached hydrogens (tertiary/aromatic N) is 1. The Morgan fingerprint density at radius 1 is 1.43 bits per heavy atom. The van der Waals surface area contributed by atoms with Gasteiger partial charge in [0.15, 0.2) is 5.69 Å². The van der Waals surface area contributed by atoms with Gasteiger partial charge in [0.1, 0.15) is 0 Å². The molecule has 1 aromatic carbocycles. The zero-order valence-corrected chi connectivity index (χ0v) is 11.5. The fourth-order valence-electron chi connectivity index (χ4n) is 3.32. The summed E-state index contributed by atoms with van der Waals surface area (Å²) in [6, 6.07) is 9.08. The second-order valence-electron chi connectivity index (χ2n) is 5.89. The third-order valence-electron chi connectivity index (χ3n) is 4.56. The van der Waals surface area contributed by atoms with Crippen LogP contribution in [0.25, 0.3) is 0 Å². The Kier molecular flexibility index (Phi) is 2.82. The number of nitrogens with one attached hydrogen (secondary N) is 2. The first kappa shape index (κ1) is 12.6. The molecule has 0 saturated heterocycles. The maximum atomic E-state index is 12.4. The van der Waals surface area contributed by atoms with Crippen molar-refractivity contribution < 1.29 is 9.90 Å². The van der Waals surface area contributed by atoms with Crippen molar-refractivity contribution in [3.8, 4) is 0 Å². The topological polar surface area (TPSA) is 78.0 Å². The van der Waals surface area contributed by atoms with Crippen LogP contribution in [0.3, 0.4) is 0 Å². The maximum absolute atomic E-state index is 12.4. The lowest BCUT2D eigenvalue weighted by Crippen LogP contribution is -2.31. The molecule has 1 amide bonds. The van der Waals surface area contributed by atoms with Crippen LogP contribution >= 0.6 is 0 Å². The predicted molar refractivity (Wildman–Crippen MR) is 76.9 cm³/mol. The quantitative estimate of drug-likeness (QED) is 0.796. The number of rotatable bonds is 4. The van der Waals surface area contributed by atoms with Gasteiger partial charge in [-0.2, -0.15) is 5.10 Å². The molecular weight excluding hydrogens is 266 g/mol. The van der Waals surface area contributed by atoms with Crippen LogP contribution in [0.5, 0.6) is 0 Å². The van der Waals surface area contributed by atoms with Crippen LogP contribution in [0.15, 0.2) is 30.3 Å². The van der Waals surface area contributed by atoms with E-state index in [4.69, 9.17) is 0 Å². The molecule has 1 heterocycles. The SMILES string of the molecule is O=C(N[C@H](CO)c1ccccc1)c1n[nH]c2c1CC1CC21. The summed E-state index contributed by atoms with van der Waals surface area (Å²) in [5.41, 5.74) is 3.60. The van der Waals surface area contributed by atoms with Gasteiger partial charge in [-0.3, -0.25) is 9.89 Å². The second kappa shape index (κ2) is 4.70. The van der Waals surface area contributed by atoms with Crippen molar-refractivity contribution in [1.29, 1.82) is 0 Å². The summed E-state index contributed by atoms with van der Waals surface area (Å²) in [5.74, 6) is 1.09. The summed E-state index contributed by atoms with van der Waals surface area (Å²) in [4.78, 5) is 12.4. The third-order valence-corrected chi connectivity index (χ3v) is 4.56. The Hall–Kier alpha value is -2.14. The summed E-state index contributed by atoms with van der Waals surface area (Å²) < 4.78 is 0. The molecule has 108 valence electrons. The fourth-order valence-corrected chi connectivity index (χ4v) is 3.32. The lowest BCUT2D eigenvalue weighted by molar-refractivity contribution is 0.0910. The van der Waals surface area contributed by atoms with Crippen LogP contribution in [0.4, 0.5) is 0 Å². The molecule has 4 rings (SSSR count). The molecule has 3 atom stereocenters. The molecule has 2 unspecified atom stereocenters. The van der Waals surface area contributed by atoms with Gasteiger partial charge in [0.05, 0.1) is 12.6 Å². The zero-order valence-electron chi connectivity index (χ0n) is 11.5. The van der Waals surface area contributed by atoms with E-state index in [9.17, 15) is 9.90 Å². The van der Waals surface area contributed by atoms with Gasteiger partial charge in [-0.15, -0.1) is 0 Å². The van der Waals surface area contributed by atoms with Gasteiger partial charge in [-0.25, -0.2) is 0 Å². The number of aliphatic hydroxyl groups is 1. The van der Waals surface area contributed by atoms with Crippen molar-refractivity contribution in [2.24, 2.45) is 5.92 Å². The Bertz CT molecular complexity index is 680. The predicted octanol–water partition coefficient (Wildman–Crippen LogP) is 1.53. The van der Waals surface area contributed by atoms with E-state index in [1.165, 1.54) is 6.42 Å². The standard InChI is InChI=1S/C16H17N3O2/c20-8-13(9-4-2-1-3-5-9)17-16(21)15-12-7-10-6-11(10)14(12)18-19-15/h1-5,10-11,13,20H,6-8H2,(H,17,21)(H,18,19)/t10?,11?,13-/m1/s1. The van der Waals surface area contributed by atoms with Gasteiger partial charge in [-0.05, 0) is 24.3 Å². The number of aromatic amines is 1. The second-order valence-corrected chi connectivity index (χ2v) is 5.89. The van der Waals surface area contributed by atoms with Gasteiger partial charge in [0, 0.05) is 17.2 Å². The van der Waals surface area contributed by atoms with Crippen molar-refractivity contribution >= 4 is 5.91 Å². The molecule has 2 aliphatic rings. The van der Waals surface area contributed by atoms with Gasteiger partial charge in [-0.1, -0.05) is 30.3 Å². The first-order valence-electron chi connectivity index (χ1n) is 7.31. The van der Waals surface area contributed by atoms with Crippen LogP contribution < -0.4 is 5.32 Å². The molecule has 2 aliphatic carbocycles. The minimum atomic E-state index is -0.401. The summed E-state index contributed by atoms with van der Waals surface area (Å²) in [7, 11) is 0. The average Bonchev–Trinajstić information content (AvgIpc) is 3.00. The highest BCUT2D eigenvalue weighted by Crippen LogP contribution is 2.55. The van der Waals surface area contributed by atoms with E-state index in [0.717, 1.165) is 23.2 Å². The lowest BCUT2D eigenvalue weighted by atomic mass is 10.1. The largest absolute Gasteiger partial charge is 0.394 e. The molecular formula is C16H17N3O2. The fraction of sp³-hybridized carbons (Fsp3) is 0.375. The molecule has 0 bridgehead atoms. The molecule has 1 aromatic heterocycles. The Labute approximate surface area is 122 Å². The normalized spacial score (nSPS) is 23.3. The monoisotopic (exact) mass is 283 g/mol. The van der Waals surface area contributed by atoms with E-state index in [0.29, 0.717) is 17.5 Å². The molecule has 1 saturated carbocycles. The highest BCUT2D eigenvalue weighted by atomic mass is 16.3. The number of amides is 1. The van der Waals surface area contributed by atoms with Gasteiger partial charge >= 0.3 is 0 Å². The van der Waals surface area contributed by atoms with E-state index >= 15 is 0 Å². The van der Waals surface area contributed by atoms with Crippen LogP contribution in [0.2, 0.25) is 0 Å². The Morgan fingerprint density at radius 3 is 3.00 bits per heavy atom. The molecule has 0 spiro atoms. The molecule has 3 N–H and O–H groups in total. The smallest absolute Gasteiger partial charge is 0.272 e. The van der Waals surface area contributed by atoms with E-state index in [1.54, 1.807) is 0 Å². The van der Waals surface area contributed by atoms with Crippen LogP contribution in [-0.4, -0.2) is 27.8 Å². The summed E-state index contributed by atoms with van der Waals surface area (Å²) in [5, 5.41) is 19.6. The highest BCUT2D eigenvalue weighted by molar-refractivity contribution is 5.94. The van der Waals surface area contributed by atoms with E-state index in [-0.39, 0.29) is 12.5 Å². The third kappa shape index (κ3) is 2.05. The number of fused-ring (bicyclic) bond motifs is 3. The molecule has 2 aromatic rings. The number of aliphatic hydroxyl groups excluding tert-OH is 1. The number of hydrogen-bond donors (Lipinski definition) is 3. The average molecular weight is 283 g/mol. The molecule has 0 radical (unpaired) electrons. The van der Waals surface area contributed by atoms with Crippen molar-refractivity contribution in [2.75, 3.05) is 6.61 Å². The minimum absolute atomic E-state index is 0.131. The lowest BCUT2D eigenvalue weighted by Gasteiger charge is -2.16. The van der Waals surface area contributed by atoms with Crippen LogP contribution in [0.1, 0.15) is 45.7 Å². The van der Waals surface area contributed by atoms with Gasteiger partial charge in [0.2, 0.25) is 0 Å². The molecule has 5 heteroatoms.